The zero-order valence-corrected chi connectivity index (χ0v) is 42.1. The van der Waals surface area contributed by atoms with Crippen molar-refractivity contribution in [1.29, 1.82) is 0 Å². The highest BCUT2D eigenvalue weighted by Gasteiger charge is 2.22. The number of furan rings is 1. The molecule has 0 radical (unpaired) electrons. The molecule has 4 amide bonds. The molecular weight excluding hydrogens is 959 g/mol. The highest BCUT2D eigenvalue weighted by atomic mass is 16.5. The Morgan fingerprint density at radius 1 is 0.605 bits per heavy atom. The van der Waals surface area contributed by atoms with E-state index in [1.54, 1.807) is 85.1 Å². The number of aromatic amines is 1. The summed E-state index contributed by atoms with van der Waals surface area (Å²) >= 11 is 0. The molecule has 0 saturated heterocycles. The van der Waals surface area contributed by atoms with E-state index >= 15 is 0 Å². The van der Waals surface area contributed by atoms with Gasteiger partial charge in [-0.25, -0.2) is 0 Å². The van der Waals surface area contributed by atoms with Crippen LogP contribution in [0.5, 0.6) is 23.0 Å². The number of anilines is 2. The van der Waals surface area contributed by atoms with E-state index < -0.39 is 0 Å². The molecule has 76 heavy (non-hydrogen) atoms. The summed E-state index contributed by atoms with van der Waals surface area (Å²) in [6.45, 7) is 1.57. The zero-order valence-electron chi connectivity index (χ0n) is 42.1. The third-order valence-corrected chi connectivity index (χ3v) is 13.6. The number of aromatic nitrogens is 1. The van der Waals surface area contributed by atoms with E-state index in [2.05, 4.69) is 26.3 Å². The largest absolute Gasteiger partial charge is 0.508 e. The Kier molecular flexibility index (Phi) is 17.2. The molecule has 0 spiro atoms. The number of carbonyl (C=O) groups is 4. The summed E-state index contributed by atoms with van der Waals surface area (Å²) in [7, 11) is 0. The van der Waals surface area contributed by atoms with Crippen LogP contribution in [0.3, 0.4) is 0 Å². The van der Waals surface area contributed by atoms with E-state index in [0.29, 0.717) is 96.0 Å². The number of fused-ring (bicyclic) bond motifs is 2. The number of para-hydroxylation sites is 1. The van der Waals surface area contributed by atoms with Crippen LogP contribution in [0.25, 0.3) is 17.0 Å². The Labute approximate surface area is 441 Å². The summed E-state index contributed by atoms with van der Waals surface area (Å²) in [6.07, 6.45) is 12.7. The molecule has 14 nitrogen and oxygen atoms in total. The highest BCUT2D eigenvalue weighted by molar-refractivity contribution is 6.09. The van der Waals surface area contributed by atoms with Crippen LogP contribution in [0.2, 0.25) is 0 Å². The van der Waals surface area contributed by atoms with E-state index in [-0.39, 0.29) is 41.7 Å². The van der Waals surface area contributed by atoms with Crippen LogP contribution in [0.4, 0.5) is 11.4 Å². The van der Waals surface area contributed by atoms with Crippen molar-refractivity contribution in [1.82, 2.24) is 15.6 Å². The Morgan fingerprint density at radius 3 is 1.83 bits per heavy atom. The van der Waals surface area contributed by atoms with Gasteiger partial charge in [0.25, 0.3) is 23.6 Å². The number of benzene rings is 6. The predicted molar refractivity (Wildman–Crippen MR) is 294 cm³/mol. The van der Waals surface area contributed by atoms with Crippen LogP contribution in [-0.2, 0) is 30.6 Å². The van der Waals surface area contributed by atoms with Gasteiger partial charge in [-0.2, -0.15) is 0 Å². The fraction of sp³-hybridized carbons (Fsp3) is 0.226. The Balaban J connectivity index is 0.000000186. The van der Waals surface area contributed by atoms with Gasteiger partial charge in [0.15, 0.2) is 0 Å². The first-order chi connectivity index (χ1) is 37.1. The van der Waals surface area contributed by atoms with E-state index in [9.17, 15) is 29.4 Å². The lowest BCUT2D eigenvalue weighted by atomic mass is 9.87. The molecule has 14 heteroatoms. The smallest absolute Gasteiger partial charge is 0.272 e. The maximum atomic E-state index is 13.1. The molecule has 6 aromatic carbocycles. The van der Waals surface area contributed by atoms with Crippen LogP contribution in [0.15, 0.2) is 168 Å². The number of hydrogen-bond donors (Lipinski definition) is 7. The van der Waals surface area contributed by atoms with Gasteiger partial charge in [-0.3, -0.25) is 19.2 Å². The minimum atomic E-state index is -0.324. The minimum Gasteiger partial charge on any atom is -0.508 e. The maximum Gasteiger partial charge on any atom is 0.272 e. The molecule has 0 aliphatic heterocycles. The summed E-state index contributed by atoms with van der Waals surface area (Å²) in [5.41, 5.74) is 8.02. The standard InChI is InChI=1S/C33H36N2O4.C29H25N3O5/c36-29-13-10-24(11-14-29)17-19-39-31-22-27(32(37)34-18-16-23-6-2-1-3-7-23)12-15-30(31)35-33(38)28-20-25-8-4-5-9-26(25)21-28;33-22-10-7-19(8-11-22)13-15-37-27-17-21(28(34)30-18-23-5-3-14-36-23)9-12-25(27)32-29(35)26-16-20-4-1-2-6-24(20)31-26/h4-5,8-15,20,22-23,36H,1-3,6-7,16-19,21H2,(H,34,37)(H,35,38);1-12,14,16-17,31,33H,13,15,18H2,(H,30,34)(H,32,35). The van der Waals surface area contributed by atoms with Gasteiger partial charge < -0.3 is 50.4 Å². The van der Waals surface area contributed by atoms with Gasteiger partial charge in [0.1, 0.15) is 34.5 Å². The van der Waals surface area contributed by atoms with Gasteiger partial charge in [-0.1, -0.05) is 98.8 Å². The molecule has 2 aromatic heterocycles. The topological polar surface area (TPSA) is 204 Å². The second-order valence-electron chi connectivity index (χ2n) is 19.0. The number of amides is 4. The van der Waals surface area contributed by atoms with Crippen molar-refractivity contribution in [3.05, 3.63) is 208 Å². The molecule has 2 heterocycles. The molecule has 0 unspecified atom stereocenters. The summed E-state index contributed by atoms with van der Waals surface area (Å²) in [5.74, 6) is 1.64. The van der Waals surface area contributed by atoms with Crippen LogP contribution in [-0.4, -0.2) is 58.6 Å². The molecule has 7 N–H and O–H groups in total. The predicted octanol–water partition coefficient (Wildman–Crippen LogP) is 11.6. The summed E-state index contributed by atoms with van der Waals surface area (Å²) in [4.78, 5) is 55.0. The fourth-order valence-corrected chi connectivity index (χ4v) is 9.32. The fourth-order valence-electron chi connectivity index (χ4n) is 9.32. The second-order valence-corrected chi connectivity index (χ2v) is 19.0. The van der Waals surface area contributed by atoms with Gasteiger partial charge in [-0.15, -0.1) is 0 Å². The number of H-pyrrole nitrogens is 1. The molecular formula is C62H61N5O9. The van der Waals surface area contributed by atoms with Crippen molar-refractivity contribution >= 4 is 52.0 Å². The van der Waals surface area contributed by atoms with Crippen LogP contribution >= 0.6 is 0 Å². The SMILES string of the molecule is O=C(NCc1ccco1)c1ccc(NC(=O)c2cc3ccccc3[nH]2)c(OCCc2ccc(O)cc2)c1.O=C(Nc1ccc(C(=O)NCCC2CCCCC2)cc1OCCc1ccc(O)cc1)C1=Cc2ccccc2C1. The van der Waals surface area contributed by atoms with Crippen LogP contribution < -0.4 is 30.7 Å². The van der Waals surface area contributed by atoms with E-state index in [0.717, 1.165) is 39.6 Å². The van der Waals surface area contributed by atoms with E-state index in [4.69, 9.17) is 13.9 Å². The monoisotopic (exact) mass is 1020 g/mol. The molecule has 10 rings (SSSR count). The van der Waals surface area contributed by atoms with Crippen molar-refractivity contribution in [3.63, 3.8) is 0 Å². The molecule has 1 saturated carbocycles. The molecule has 2 aliphatic carbocycles. The minimum absolute atomic E-state index is 0.138. The average molecular weight is 1020 g/mol. The average Bonchev–Trinajstić information content (AvgIpc) is 4.24. The molecule has 0 bridgehead atoms. The number of phenols is 2. The van der Waals surface area contributed by atoms with Gasteiger partial charge >= 0.3 is 0 Å². The number of rotatable bonds is 19. The lowest BCUT2D eigenvalue weighted by Gasteiger charge is -2.21. The number of aromatic hydroxyl groups is 2. The number of ether oxygens (including phenoxy) is 2. The summed E-state index contributed by atoms with van der Waals surface area (Å²) < 4.78 is 17.4. The second kappa shape index (κ2) is 25.3. The first-order valence-electron chi connectivity index (χ1n) is 25.8. The third-order valence-electron chi connectivity index (χ3n) is 13.6. The van der Waals surface area contributed by atoms with Gasteiger partial charge in [-0.05, 0) is 126 Å². The molecule has 2 aliphatic rings. The van der Waals surface area contributed by atoms with Crippen molar-refractivity contribution in [2.45, 2.75) is 64.3 Å². The van der Waals surface area contributed by atoms with Crippen LogP contribution in [0.1, 0.15) is 97.7 Å². The van der Waals surface area contributed by atoms with Gasteiger partial charge in [0, 0.05) is 53.4 Å². The molecule has 8 aromatic rings. The first kappa shape index (κ1) is 51.8. The number of phenolic OH excluding ortho intramolecular Hbond substituents is 2. The Morgan fingerprint density at radius 2 is 1.21 bits per heavy atom. The first-order valence-corrected chi connectivity index (χ1v) is 25.8. The third kappa shape index (κ3) is 14.2. The lowest BCUT2D eigenvalue weighted by Crippen LogP contribution is -2.26. The molecule has 0 atom stereocenters. The van der Waals surface area contributed by atoms with Crippen molar-refractivity contribution in [2.24, 2.45) is 5.92 Å². The van der Waals surface area contributed by atoms with E-state index in [1.165, 1.54) is 32.1 Å². The quantitative estimate of drug-likeness (QED) is 0.0411. The Hall–Kier alpha value is -9.04. The summed E-state index contributed by atoms with van der Waals surface area (Å²) in [6, 6.07) is 44.9. The molecule has 1 fully saturated rings. The number of hydrogen-bond acceptors (Lipinski definition) is 9. The normalized spacial score (nSPS) is 12.9. The molecule has 388 valence electrons. The van der Waals surface area contributed by atoms with Crippen molar-refractivity contribution < 1.29 is 43.3 Å². The lowest BCUT2D eigenvalue weighted by molar-refractivity contribution is -0.112. The van der Waals surface area contributed by atoms with Crippen LogP contribution in [0, 0.1) is 5.92 Å². The Bertz CT molecular complexity index is 3270. The van der Waals surface area contributed by atoms with E-state index in [1.807, 2.05) is 78.9 Å². The summed E-state index contributed by atoms with van der Waals surface area (Å²) in [5, 5.41) is 31.7. The van der Waals surface area contributed by atoms with Gasteiger partial charge in [0.05, 0.1) is 37.4 Å². The number of nitrogens with one attached hydrogen (secondary N) is 5. The van der Waals surface area contributed by atoms with Crippen molar-refractivity contribution in [2.75, 3.05) is 30.4 Å². The zero-order chi connectivity index (χ0) is 52.6. The highest BCUT2D eigenvalue weighted by Crippen LogP contribution is 2.32. The van der Waals surface area contributed by atoms with Gasteiger partial charge in [0.2, 0.25) is 0 Å². The van der Waals surface area contributed by atoms with Crippen molar-refractivity contribution in [3.8, 4) is 23.0 Å². The maximum absolute atomic E-state index is 13.1. The number of carbonyl (C=O) groups excluding carboxylic acids is 4.